The number of nitrogens with zero attached hydrogens (tertiary/aromatic N) is 1. The van der Waals surface area contributed by atoms with Gasteiger partial charge >= 0.3 is 0 Å². The first kappa shape index (κ1) is 23.0. The van der Waals surface area contributed by atoms with Crippen molar-refractivity contribution in [2.45, 2.75) is 57.9 Å². The van der Waals surface area contributed by atoms with E-state index in [0.29, 0.717) is 35.9 Å². The van der Waals surface area contributed by atoms with Gasteiger partial charge in [0.2, 0.25) is 5.91 Å². The summed E-state index contributed by atoms with van der Waals surface area (Å²) < 4.78 is 0. The van der Waals surface area contributed by atoms with Crippen LogP contribution in [0.2, 0.25) is 0 Å². The molecule has 1 atom stereocenters. The van der Waals surface area contributed by atoms with Crippen molar-refractivity contribution in [3.05, 3.63) is 65.2 Å². The van der Waals surface area contributed by atoms with Gasteiger partial charge in [-0.15, -0.1) is 0 Å². The van der Waals surface area contributed by atoms with Crippen molar-refractivity contribution < 1.29 is 14.4 Å². The Morgan fingerprint density at radius 3 is 2.18 bits per heavy atom. The summed E-state index contributed by atoms with van der Waals surface area (Å²) >= 11 is 0. The Morgan fingerprint density at radius 2 is 1.48 bits per heavy atom. The number of benzene rings is 2. The summed E-state index contributed by atoms with van der Waals surface area (Å²) in [6.07, 6.45) is 7.41. The molecule has 1 heterocycles. The van der Waals surface area contributed by atoms with Crippen LogP contribution >= 0.6 is 0 Å². The standard InChI is InChI=1S/C27H33N3O3/c1-19-9-11-20(12-10-19)25(31)29-24-15-13-21(14-16-24)27(33)30-17-5-6-22(18-30)26(32)28-23-7-3-2-4-8-23/h9-16,22-23H,2-8,17-18H2,1H3,(H,28,32)(H,29,31). The number of hydrogen-bond acceptors (Lipinski definition) is 3. The Morgan fingerprint density at radius 1 is 0.818 bits per heavy atom. The minimum Gasteiger partial charge on any atom is -0.353 e. The zero-order chi connectivity index (χ0) is 23.2. The largest absolute Gasteiger partial charge is 0.353 e. The first-order chi connectivity index (χ1) is 16.0. The number of piperidine rings is 1. The lowest BCUT2D eigenvalue weighted by molar-refractivity contribution is -0.127. The molecule has 33 heavy (non-hydrogen) atoms. The fourth-order valence-corrected chi connectivity index (χ4v) is 4.73. The van der Waals surface area contributed by atoms with Crippen LogP contribution in [0.5, 0.6) is 0 Å². The molecule has 0 bridgehead atoms. The molecule has 3 amide bonds. The van der Waals surface area contributed by atoms with Crippen molar-refractivity contribution in [1.29, 1.82) is 0 Å². The van der Waals surface area contributed by atoms with Crippen LogP contribution in [0.3, 0.4) is 0 Å². The number of rotatable bonds is 5. The summed E-state index contributed by atoms with van der Waals surface area (Å²) in [5.74, 6) is -0.301. The lowest BCUT2D eigenvalue weighted by Gasteiger charge is -2.33. The molecule has 1 unspecified atom stereocenters. The Hall–Kier alpha value is -3.15. The highest BCUT2D eigenvalue weighted by Crippen LogP contribution is 2.22. The zero-order valence-corrected chi connectivity index (χ0v) is 19.3. The van der Waals surface area contributed by atoms with Crippen molar-refractivity contribution in [2.24, 2.45) is 5.92 Å². The third-order valence-corrected chi connectivity index (χ3v) is 6.73. The highest BCUT2D eigenvalue weighted by Gasteiger charge is 2.30. The van der Waals surface area contributed by atoms with Crippen LogP contribution in [0.1, 0.15) is 71.2 Å². The first-order valence-electron chi connectivity index (χ1n) is 12.1. The van der Waals surface area contributed by atoms with E-state index in [-0.39, 0.29) is 23.6 Å². The van der Waals surface area contributed by atoms with Gasteiger partial charge in [0.15, 0.2) is 0 Å². The summed E-state index contributed by atoms with van der Waals surface area (Å²) in [5.41, 5.74) is 2.89. The summed E-state index contributed by atoms with van der Waals surface area (Å²) in [6.45, 7) is 3.10. The van der Waals surface area contributed by atoms with Gasteiger partial charge in [0.25, 0.3) is 11.8 Å². The quantitative estimate of drug-likeness (QED) is 0.706. The van der Waals surface area contributed by atoms with Crippen molar-refractivity contribution in [2.75, 3.05) is 18.4 Å². The van der Waals surface area contributed by atoms with Gasteiger partial charge in [-0.2, -0.15) is 0 Å². The highest BCUT2D eigenvalue weighted by molar-refractivity contribution is 6.04. The lowest BCUT2D eigenvalue weighted by Crippen LogP contribution is -2.47. The average molecular weight is 448 g/mol. The number of carbonyl (C=O) groups is 3. The Bertz CT molecular complexity index is 979. The molecule has 1 aliphatic heterocycles. The number of likely N-dealkylation sites (tertiary alicyclic amines) is 1. The monoisotopic (exact) mass is 447 g/mol. The number of anilines is 1. The second-order valence-corrected chi connectivity index (χ2v) is 9.33. The van der Waals surface area contributed by atoms with E-state index >= 15 is 0 Å². The number of aryl methyl sites for hydroxylation is 1. The molecule has 2 aliphatic rings. The second-order valence-electron chi connectivity index (χ2n) is 9.33. The van der Waals surface area contributed by atoms with Gasteiger partial charge in [0.1, 0.15) is 0 Å². The van der Waals surface area contributed by atoms with E-state index in [2.05, 4.69) is 10.6 Å². The third kappa shape index (κ3) is 6.01. The number of nitrogens with one attached hydrogen (secondary N) is 2. The maximum absolute atomic E-state index is 13.1. The van der Waals surface area contributed by atoms with E-state index in [9.17, 15) is 14.4 Å². The average Bonchev–Trinajstić information content (AvgIpc) is 2.85. The van der Waals surface area contributed by atoms with Crippen LogP contribution in [0.15, 0.2) is 48.5 Å². The van der Waals surface area contributed by atoms with E-state index in [1.165, 1.54) is 19.3 Å². The van der Waals surface area contributed by atoms with E-state index in [0.717, 1.165) is 31.2 Å². The van der Waals surface area contributed by atoms with Crippen LogP contribution in [-0.4, -0.2) is 41.8 Å². The Labute approximate surface area is 195 Å². The third-order valence-electron chi connectivity index (χ3n) is 6.73. The molecule has 6 nitrogen and oxygen atoms in total. The molecule has 2 aromatic rings. The molecular formula is C27H33N3O3. The fourth-order valence-electron chi connectivity index (χ4n) is 4.73. The smallest absolute Gasteiger partial charge is 0.255 e. The van der Waals surface area contributed by atoms with Crippen molar-refractivity contribution >= 4 is 23.4 Å². The molecule has 1 saturated heterocycles. The van der Waals surface area contributed by atoms with Gasteiger partial charge in [-0.1, -0.05) is 37.0 Å². The normalized spacial score (nSPS) is 19.1. The van der Waals surface area contributed by atoms with Gasteiger partial charge in [-0.05, 0) is 69.0 Å². The number of amides is 3. The van der Waals surface area contributed by atoms with E-state index in [1.54, 1.807) is 41.3 Å². The summed E-state index contributed by atoms with van der Waals surface area (Å²) in [6, 6.07) is 14.6. The SMILES string of the molecule is Cc1ccc(C(=O)Nc2ccc(C(=O)N3CCCC(C(=O)NC4CCCCC4)C3)cc2)cc1. The Balaban J connectivity index is 1.32. The molecule has 6 heteroatoms. The predicted octanol–water partition coefficient (Wildman–Crippen LogP) is 4.55. The first-order valence-corrected chi connectivity index (χ1v) is 12.1. The molecular weight excluding hydrogens is 414 g/mol. The van der Waals surface area contributed by atoms with Crippen LogP contribution in [0.25, 0.3) is 0 Å². The van der Waals surface area contributed by atoms with Crippen LogP contribution in [0, 0.1) is 12.8 Å². The van der Waals surface area contributed by atoms with Gasteiger partial charge in [0.05, 0.1) is 5.92 Å². The zero-order valence-electron chi connectivity index (χ0n) is 19.3. The van der Waals surface area contributed by atoms with Gasteiger partial charge in [-0.3, -0.25) is 14.4 Å². The molecule has 0 aromatic heterocycles. The van der Waals surface area contributed by atoms with Crippen molar-refractivity contribution in [3.63, 3.8) is 0 Å². The molecule has 2 aromatic carbocycles. The molecule has 2 fully saturated rings. The van der Waals surface area contributed by atoms with E-state index < -0.39 is 0 Å². The van der Waals surface area contributed by atoms with Gasteiger partial charge in [0, 0.05) is 35.9 Å². The summed E-state index contributed by atoms with van der Waals surface area (Å²) in [7, 11) is 0. The Kier molecular flexibility index (Phi) is 7.43. The second kappa shape index (κ2) is 10.6. The predicted molar refractivity (Wildman–Crippen MR) is 129 cm³/mol. The maximum Gasteiger partial charge on any atom is 0.255 e. The molecule has 0 radical (unpaired) electrons. The van der Waals surface area contributed by atoms with Crippen LogP contribution in [0.4, 0.5) is 5.69 Å². The summed E-state index contributed by atoms with van der Waals surface area (Å²) in [5, 5.41) is 6.08. The topological polar surface area (TPSA) is 78.5 Å². The number of hydrogen-bond donors (Lipinski definition) is 2. The van der Waals surface area contributed by atoms with Gasteiger partial charge < -0.3 is 15.5 Å². The molecule has 1 aliphatic carbocycles. The molecule has 1 saturated carbocycles. The van der Waals surface area contributed by atoms with Crippen molar-refractivity contribution in [1.82, 2.24) is 10.2 Å². The molecule has 0 spiro atoms. The van der Waals surface area contributed by atoms with Crippen LogP contribution < -0.4 is 10.6 Å². The fraction of sp³-hybridized carbons (Fsp3) is 0.444. The van der Waals surface area contributed by atoms with Gasteiger partial charge in [-0.25, -0.2) is 0 Å². The van der Waals surface area contributed by atoms with Crippen molar-refractivity contribution in [3.8, 4) is 0 Å². The van der Waals surface area contributed by atoms with E-state index in [1.807, 2.05) is 19.1 Å². The molecule has 174 valence electrons. The molecule has 4 rings (SSSR count). The van der Waals surface area contributed by atoms with Crippen LogP contribution in [-0.2, 0) is 4.79 Å². The summed E-state index contributed by atoms with van der Waals surface area (Å²) in [4.78, 5) is 40.0. The molecule has 2 N–H and O–H groups in total. The van der Waals surface area contributed by atoms with E-state index in [4.69, 9.17) is 0 Å². The minimum atomic E-state index is -0.183. The highest BCUT2D eigenvalue weighted by atomic mass is 16.2. The maximum atomic E-state index is 13.1. The number of carbonyl (C=O) groups excluding carboxylic acids is 3. The lowest BCUT2D eigenvalue weighted by atomic mass is 9.92. The minimum absolute atomic E-state index is 0.0680.